The summed E-state index contributed by atoms with van der Waals surface area (Å²) in [5, 5.41) is 1.15. The summed E-state index contributed by atoms with van der Waals surface area (Å²) in [5.41, 5.74) is 1.21. The molecule has 2 aromatic rings. The van der Waals surface area contributed by atoms with Crippen LogP contribution in [-0.2, 0) is 0 Å². The molecule has 1 aliphatic carbocycles. The highest BCUT2D eigenvalue weighted by atomic mass is 35.5. The number of halogens is 3. The fourth-order valence-corrected chi connectivity index (χ4v) is 3.82. The third kappa shape index (κ3) is 4.14. The average Bonchev–Trinajstić information content (AvgIpc) is 2.60. The zero-order valence-electron chi connectivity index (χ0n) is 15.1. The Morgan fingerprint density at radius 3 is 2.58 bits per heavy atom. The predicted molar refractivity (Wildman–Crippen MR) is 102 cm³/mol. The zero-order chi connectivity index (χ0) is 18.9. The number of carbonyl (C=O) groups is 1. The van der Waals surface area contributed by atoms with E-state index in [2.05, 4.69) is 4.98 Å². The quantitative estimate of drug-likeness (QED) is 0.620. The molecular weight excluding hydrogens is 358 g/mol. The van der Waals surface area contributed by atoms with Crippen molar-refractivity contribution in [2.45, 2.75) is 44.4 Å². The number of nitrogens with zero attached hydrogens (tertiary/aromatic N) is 2. The van der Waals surface area contributed by atoms with E-state index < -0.39 is 5.92 Å². The van der Waals surface area contributed by atoms with Gasteiger partial charge in [0.2, 0.25) is 5.92 Å². The summed E-state index contributed by atoms with van der Waals surface area (Å²) in [6, 6.07) is 7.24. The van der Waals surface area contributed by atoms with E-state index in [-0.39, 0.29) is 24.5 Å². The number of pyridine rings is 1. The fraction of sp³-hybridized carbons (Fsp3) is 0.500. The van der Waals surface area contributed by atoms with Gasteiger partial charge in [-0.3, -0.25) is 4.79 Å². The molecule has 1 aromatic heterocycles. The van der Waals surface area contributed by atoms with Crippen molar-refractivity contribution in [3.05, 3.63) is 34.9 Å². The van der Waals surface area contributed by atoms with Crippen molar-refractivity contribution in [3.63, 3.8) is 0 Å². The van der Waals surface area contributed by atoms with E-state index >= 15 is 0 Å². The third-order valence-electron chi connectivity index (χ3n) is 5.16. The van der Waals surface area contributed by atoms with Crippen LogP contribution in [0, 0.1) is 5.92 Å². The topological polar surface area (TPSA) is 33.2 Å². The number of fused-ring (bicyclic) bond motifs is 1. The number of rotatable bonds is 5. The molecule has 0 saturated heterocycles. The standard InChI is InChI=1S/C20H23ClF2N2O/c1-25(2)18-8-4-14-16(24-18)6-5-15(21)19(14)17(26)7-3-13-9-11-20(22,23)12-10-13/h4-6,8,13H,3,7,9-12H2,1-2H3. The number of hydrogen-bond donors (Lipinski definition) is 0. The van der Waals surface area contributed by atoms with Crippen LogP contribution in [-0.4, -0.2) is 30.8 Å². The Kier molecular flexibility index (Phi) is 5.47. The summed E-state index contributed by atoms with van der Waals surface area (Å²) in [7, 11) is 3.81. The Balaban J connectivity index is 1.76. The second-order valence-corrected chi connectivity index (χ2v) is 7.72. The molecule has 1 heterocycles. The molecule has 0 radical (unpaired) electrons. The molecule has 0 unspecified atom stereocenters. The maximum atomic E-state index is 13.3. The van der Waals surface area contributed by atoms with Crippen LogP contribution in [0.15, 0.2) is 24.3 Å². The summed E-state index contributed by atoms with van der Waals surface area (Å²) in [4.78, 5) is 19.3. The lowest BCUT2D eigenvalue weighted by atomic mass is 9.83. The van der Waals surface area contributed by atoms with Crippen molar-refractivity contribution in [1.29, 1.82) is 0 Å². The van der Waals surface area contributed by atoms with Gasteiger partial charge < -0.3 is 4.90 Å². The number of aromatic nitrogens is 1. The average molecular weight is 381 g/mol. The van der Waals surface area contributed by atoms with Crippen molar-refractivity contribution in [2.24, 2.45) is 5.92 Å². The molecule has 0 spiro atoms. The number of benzene rings is 1. The van der Waals surface area contributed by atoms with Crippen LogP contribution in [0.2, 0.25) is 5.02 Å². The van der Waals surface area contributed by atoms with Crippen LogP contribution in [0.5, 0.6) is 0 Å². The lowest BCUT2D eigenvalue weighted by Crippen LogP contribution is -2.24. The Hall–Kier alpha value is -1.75. The molecule has 140 valence electrons. The molecule has 1 aromatic carbocycles. The van der Waals surface area contributed by atoms with E-state index in [0.29, 0.717) is 36.3 Å². The number of carbonyl (C=O) groups excluding carboxylic acids is 1. The van der Waals surface area contributed by atoms with Gasteiger partial charge in [0.1, 0.15) is 5.82 Å². The molecule has 3 rings (SSSR count). The number of ketones is 1. The molecule has 0 amide bonds. The van der Waals surface area contributed by atoms with E-state index in [9.17, 15) is 13.6 Å². The Morgan fingerprint density at radius 1 is 1.23 bits per heavy atom. The molecule has 1 saturated carbocycles. The minimum absolute atomic E-state index is 0.0441. The van der Waals surface area contributed by atoms with Crippen LogP contribution in [0.1, 0.15) is 48.9 Å². The number of alkyl halides is 2. The van der Waals surface area contributed by atoms with E-state index in [0.717, 1.165) is 16.7 Å². The molecule has 26 heavy (non-hydrogen) atoms. The summed E-state index contributed by atoms with van der Waals surface area (Å²) < 4.78 is 26.5. The van der Waals surface area contributed by atoms with Crippen LogP contribution in [0.25, 0.3) is 10.9 Å². The van der Waals surface area contributed by atoms with Gasteiger partial charge >= 0.3 is 0 Å². The van der Waals surface area contributed by atoms with Crippen LogP contribution in [0.3, 0.4) is 0 Å². The largest absolute Gasteiger partial charge is 0.363 e. The SMILES string of the molecule is CN(C)c1ccc2c(C(=O)CCC3CCC(F)(F)CC3)c(Cl)ccc2n1. The van der Waals surface area contributed by atoms with E-state index in [1.165, 1.54) is 0 Å². The highest BCUT2D eigenvalue weighted by Crippen LogP contribution is 2.38. The minimum Gasteiger partial charge on any atom is -0.363 e. The van der Waals surface area contributed by atoms with Gasteiger partial charge in [0.25, 0.3) is 0 Å². The highest BCUT2D eigenvalue weighted by Gasteiger charge is 2.34. The second kappa shape index (κ2) is 7.47. The predicted octanol–water partition coefficient (Wildman–Crippen LogP) is 5.74. The van der Waals surface area contributed by atoms with Gasteiger partial charge in [0.15, 0.2) is 5.78 Å². The smallest absolute Gasteiger partial charge is 0.248 e. The van der Waals surface area contributed by atoms with Gasteiger partial charge in [0.05, 0.1) is 10.5 Å². The maximum Gasteiger partial charge on any atom is 0.248 e. The van der Waals surface area contributed by atoms with Gasteiger partial charge in [-0.15, -0.1) is 0 Å². The normalized spacial score (nSPS) is 17.4. The van der Waals surface area contributed by atoms with Gasteiger partial charge in [-0.2, -0.15) is 0 Å². The molecule has 3 nitrogen and oxygen atoms in total. The molecular formula is C20H23ClF2N2O. The monoisotopic (exact) mass is 380 g/mol. The Bertz CT molecular complexity index is 813. The first-order valence-electron chi connectivity index (χ1n) is 8.94. The summed E-state index contributed by atoms with van der Waals surface area (Å²) in [5.74, 6) is -1.58. The van der Waals surface area contributed by atoms with E-state index in [4.69, 9.17) is 11.6 Å². The van der Waals surface area contributed by atoms with Crippen molar-refractivity contribution in [1.82, 2.24) is 4.98 Å². The van der Waals surface area contributed by atoms with Crippen LogP contribution in [0.4, 0.5) is 14.6 Å². The highest BCUT2D eigenvalue weighted by molar-refractivity contribution is 6.35. The zero-order valence-corrected chi connectivity index (χ0v) is 15.8. The summed E-state index contributed by atoms with van der Waals surface area (Å²) in [6.07, 6.45) is 1.78. The second-order valence-electron chi connectivity index (χ2n) is 7.31. The molecule has 0 bridgehead atoms. The first-order chi connectivity index (χ1) is 12.3. The van der Waals surface area contributed by atoms with Crippen LogP contribution < -0.4 is 4.90 Å². The lowest BCUT2D eigenvalue weighted by molar-refractivity contribution is -0.0464. The van der Waals surface area contributed by atoms with Crippen molar-refractivity contribution in [2.75, 3.05) is 19.0 Å². The number of anilines is 1. The maximum absolute atomic E-state index is 13.3. The minimum atomic E-state index is -2.53. The van der Waals surface area contributed by atoms with Gasteiger partial charge in [-0.1, -0.05) is 11.6 Å². The van der Waals surface area contributed by atoms with Crippen molar-refractivity contribution >= 4 is 34.1 Å². The molecule has 6 heteroatoms. The Labute approximate surface area is 157 Å². The van der Waals surface area contributed by atoms with Crippen LogP contribution >= 0.6 is 11.6 Å². The van der Waals surface area contributed by atoms with E-state index in [1.54, 1.807) is 6.07 Å². The molecule has 0 N–H and O–H groups in total. The number of Topliss-reactive ketones (excluding diaryl/α,β-unsaturated/α-hetero) is 1. The van der Waals surface area contributed by atoms with E-state index in [1.807, 2.05) is 37.2 Å². The molecule has 0 atom stereocenters. The van der Waals surface area contributed by atoms with Gasteiger partial charge in [-0.25, -0.2) is 13.8 Å². The molecule has 1 fully saturated rings. The first kappa shape index (κ1) is 19.0. The summed E-state index contributed by atoms with van der Waals surface area (Å²) >= 11 is 6.30. The van der Waals surface area contributed by atoms with Crippen molar-refractivity contribution in [3.8, 4) is 0 Å². The third-order valence-corrected chi connectivity index (χ3v) is 5.47. The first-order valence-corrected chi connectivity index (χ1v) is 9.32. The van der Waals surface area contributed by atoms with Crippen molar-refractivity contribution < 1.29 is 13.6 Å². The summed E-state index contributed by atoms with van der Waals surface area (Å²) in [6.45, 7) is 0. The van der Waals surface area contributed by atoms with Gasteiger partial charge in [0, 0.05) is 44.3 Å². The van der Waals surface area contributed by atoms with Gasteiger partial charge in [-0.05, 0) is 49.4 Å². The number of hydrogen-bond acceptors (Lipinski definition) is 3. The Morgan fingerprint density at radius 2 is 1.92 bits per heavy atom. The molecule has 0 aliphatic heterocycles. The molecule has 1 aliphatic rings. The fourth-order valence-electron chi connectivity index (χ4n) is 3.55. The lowest BCUT2D eigenvalue weighted by Gasteiger charge is -2.28.